The Bertz CT molecular complexity index is 433. The first-order valence-corrected chi connectivity index (χ1v) is 5.35. The van der Waals surface area contributed by atoms with E-state index in [1.807, 2.05) is 6.08 Å². The van der Waals surface area contributed by atoms with Gasteiger partial charge in [0, 0.05) is 6.07 Å². The van der Waals surface area contributed by atoms with Crippen molar-refractivity contribution in [3.8, 4) is 5.75 Å². The van der Waals surface area contributed by atoms with Crippen LogP contribution in [0.15, 0.2) is 33.7 Å². The predicted octanol–water partition coefficient (Wildman–Crippen LogP) is 1.62. The summed E-state index contributed by atoms with van der Waals surface area (Å²) in [6.45, 7) is -0.279. The van der Waals surface area contributed by atoms with Gasteiger partial charge in [-0.1, -0.05) is 6.08 Å². The Hall–Kier alpha value is -1.55. The highest BCUT2D eigenvalue weighted by Crippen LogP contribution is 2.16. The summed E-state index contributed by atoms with van der Waals surface area (Å²) < 4.78 is 10.5. The lowest BCUT2D eigenvalue weighted by Crippen LogP contribution is -2.19. The minimum absolute atomic E-state index is 0.0448. The molecule has 86 valence electrons. The maximum atomic E-state index is 11.6. The third-order valence-corrected chi connectivity index (χ3v) is 2.50. The number of allylic oxidation sites excluding steroid dienone is 1. The molecule has 0 bridgehead atoms. The fourth-order valence-corrected chi connectivity index (χ4v) is 1.65. The molecule has 4 heteroatoms. The second kappa shape index (κ2) is 4.99. The summed E-state index contributed by atoms with van der Waals surface area (Å²) in [7, 11) is 0. The van der Waals surface area contributed by atoms with Gasteiger partial charge in [-0.15, -0.1) is 0 Å². The number of aliphatic hydroxyl groups excluding tert-OH is 1. The summed E-state index contributed by atoms with van der Waals surface area (Å²) in [6, 6.07) is 1.25. The zero-order chi connectivity index (χ0) is 11.4. The Morgan fingerprint density at radius 1 is 1.56 bits per heavy atom. The van der Waals surface area contributed by atoms with Gasteiger partial charge in [-0.3, -0.25) is 4.79 Å². The molecule has 4 nitrogen and oxygen atoms in total. The molecular formula is C12H14O4. The zero-order valence-electron chi connectivity index (χ0n) is 8.89. The molecule has 1 unspecified atom stereocenters. The van der Waals surface area contributed by atoms with Crippen LogP contribution in [0.5, 0.6) is 5.75 Å². The van der Waals surface area contributed by atoms with Gasteiger partial charge in [0.2, 0.25) is 11.2 Å². The first kappa shape index (κ1) is 11.0. The van der Waals surface area contributed by atoms with E-state index in [1.54, 1.807) is 0 Å². The highest BCUT2D eigenvalue weighted by atomic mass is 16.5. The van der Waals surface area contributed by atoms with Crippen molar-refractivity contribution in [2.75, 3.05) is 0 Å². The Kier molecular flexibility index (Phi) is 3.41. The predicted molar refractivity (Wildman–Crippen MR) is 58.3 cm³/mol. The van der Waals surface area contributed by atoms with Crippen LogP contribution >= 0.6 is 0 Å². The van der Waals surface area contributed by atoms with Crippen molar-refractivity contribution in [2.24, 2.45) is 0 Å². The van der Waals surface area contributed by atoms with E-state index in [2.05, 4.69) is 6.08 Å². The Morgan fingerprint density at radius 2 is 2.44 bits per heavy atom. The molecule has 0 spiro atoms. The van der Waals surface area contributed by atoms with Gasteiger partial charge in [-0.2, -0.15) is 0 Å². The lowest BCUT2D eigenvalue weighted by molar-refractivity contribution is 0.211. The Morgan fingerprint density at radius 3 is 3.06 bits per heavy atom. The van der Waals surface area contributed by atoms with Gasteiger partial charge in [0.1, 0.15) is 24.7 Å². The molecule has 2 rings (SSSR count). The van der Waals surface area contributed by atoms with E-state index in [0.717, 1.165) is 19.3 Å². The summed E-state index contributed by atoms with van der Waals surface area (Å²) in [5.41, 5.74) is -0.255. The Balaban J connectivity index is 2.12. The zero-order valence-corrected chi connectivity index (χ0v) is 8.89. The first-order chi connectivity index (χ1) is 7.79. The van der Waals surface area contributed by atoms with Crippen molar-refractivity contribution in [1.29, 1.82) is 0 Å². The van der Waals surface area contributed by atoms with Crippen molar-refractivity contribution >= 4 is 0 Å². The quantitative estimate of drug-likeness (QED) is 0.789. The number of ether oxygens (including phenoxy) is 1. The summed E-state index contributed by atoms with van der Waals surface area (Å²) in [5.74, 6) is 0.449. The summed E-state index contributed by atoms with van der Waals surface area (Å²) in [6.07, 6.45) is 8.28. The summed E-state index contributed by atoms with van der Waals surface area (Å²) >= 11 is 0. The highest BCUT2D eigenvalue weighted by Gasteiger charge is 2.12. The lowest BCUT2D eigenvalue weighted by Gasteiger charge is -2.17. The third-order valence-electron chi connectivity index (χ3n) is 2.50. The van der Waals surface area contributed by atoms with E-state index in [4.69, 9.17) is 14.3 Å². The third kappa shape index (κ3) is 2.52. The van der Waals surface area contributed by atoms with E-state index in [9.17, 15) is 4.79 Å². The van der Waals surface area contributed by atoms with Crippen molar-refractivity contribution in [3.05, 3.63) is 40.5 Å². The molecule has 0 fully saturated rings. The van der Waals surface area contributed by atoms with Gasteiger partial charge in [0.05, 0.1) is 0 Å². The SMILES string of the molecule is O=c1cc(CO)occ1OC1C=CCCC1. The second-order valence-corrected chi connectivity index (χ2v) is 3.75. The van der Waals surface area contributed by atoms with Gasteiger partial charge in [0.15, 0.2) is 0 Å². The van der Waals surface area contributed by atoms with E-state index in [-0.39, 0.29) is 29.6 Å². The monoisotopic (exact) mass is 222 g/mol. The minimum atomic E-state index is -0.279. The van der Waals surface area contributed by atoms with Crippen LogP contribution in [0.25, 0.3) is 0 Å². The van der Waals surface area contributed by atoms with Crippen LogP contribution in [-0.4, -0.2) is 11.2 Å². The maximum absolute atomic E-state index is 11.6. The van der Waals surface area contributed by atoms with E-state index in [1.165, 1.54) is 12.3 Å². The second-order valence-electron chi connectivity index (χ2n) is 3.75. The molecule has 0 saturated carbocycles. The number of aliphatic hydroxyl groups is 1. The molecule has 1 aliphatic rings. The number of hydrogen-bond donors (Lipinski definition) is 1. The van der Waals surface area contributed by atoms with Crippen molar-refractivity contribution in [1.82, 2.24) is 0 Å². The average molecular weight is 222 g/mol. The molecule has 1 aromatic heterocycles. The van der Waals surface area contributed by atoms with Crippen LogP contribution in [0.1, 0.15) is 25.0 Å². The highest BCUT2D eigenvalue weighted by molar-refractivity contribution is 5.18. The minimum Gasteiger partial charge on any atom is -0.479 e. The van der Waals surface area contributed by atoms with Crippen LogP contribution in [0.2, 0.25) is 0 Å². The van der Waals surface area contributed by atoms with Crippen LogP contribution in [0.4, 0.5) is 0 Å². The molecule has 0 amide bonds. The van der Waals surface area contributed by atoms with Crippen molar-refractivity contribution in [2.45, 2.75) is 32.0 Å². The topological polar surface area (TPSA) is 59.7 Å². The molecule has 0 saturated heterocycles. The maximum Gasteiger partial charge on any atom is 0.227 e. The van der Waals surface area contributed by atoms with Crippen molar-refractivity contribution in [3.63, 3.8) is 0 Å². The number of rotatable bonds is 3. The molecule has 1 heterocycles. The molecule has 1 aliphatic carbocycles. The molecule has 1 atom stereocenters. The van der Waals surface area contributed by atoms with Crippen LogP contribution in [-0.2, 0) is 6.61 Å². The fraction of sp³-hybridized carbons (Fsp3) is 0.417. The van der Waals surface area contributed by atoms with Gasteiger partial charge >= 0.3 is 0 Å². The van der Waals surface area contributed by atoms with E-state index in [0.29, 0.717) is 0 Å². The van der Waals surface area contributed by atoms with Crippen LogP contribution in [0.3, 0.4) is 0 Å². The molecule has 1 N–H and O–H groups in total. The van der Waals surface area contributed by atoms with Gasteiger partial charge in [-0.05, 0) is 25.3 Å². The van der Waals surface area contributed by atoms with Crippen molar-refractivity contribution < 1.29 is 14.3 Å². The fourth-order valence-electron chi connectivity index (χ4n) is 1.65. The number of hydrogen-bond acceptors (Lipinski definition) is 4. The summed E-state index contributed by atoms with van der Waals surface area (Å²) in [4.78, 5) is 11.6. The Labute approximate surface area is 93.2 Å². The molecule has 16 heavy (non-hydrogen) atoms. The average Bonchev–Trinajstić information content (AvgIpc) is 2.33. The lowest BCUT2D eigenvalue weighted by atomic mass is 10.1. The molecule has 1 aromatic rings. The van der Waals surface area contributed by atoms with Crippen LogP contribution < -0.4 is 10.2 Å². The van der Waals surface area contributed by atoms with Gasteiger partial charge in [-0.25, -0.2) is 0 Å². The summed E-state index contributed by atoms with van der Waals surface area (Å²) in [5, 5.41) is 8.79. The van der Waals surface area contributed by atoms with E-state index >= 15 is 0 Å². The van der Waals surface area contributed by atoms with Gasteiger partial charge < -0.3 is 14.3 Å². The van der Waals surface area contributed by atoms with Crippen LogP contribution in [0, 0.1) is 0 Å². The molecular weight excluding hydrogens is 208 g/mol. The molecule has 0 aliphatic heterocycles. The first-order valence-electron chi connectivity index (χ1n) is 5.35. The van der Waals surface area contributed by atoms with Gasteiger partial charge in [0.25, 0.3) is 0 Å². The smallest absolute Gasteiger partial charge is 0.227 e. The van der Waals surface area contributed by atoms with E-state index < -0.39 is 0 Å². The molecule has 0 radical (unpaired) electrons. The molecule has 0 aromatic carbocycles. The standard InChI is InChI=1S/C12H14O4/c13-7-10-6-11(14)12(8-15-10)16-9-4-2-1-3-5-9/h2,4,6,8-9,13H,1,3,5,7H2. The largest absolute Gasteiger partial charge is 0.479 e. The normalized spacial score (nSPS) is 19.7.